The van der Waals surface area contributed by atoms with E-state index < -0.39 is 33.6 Å². The summed E-state index contributed by atoms with van der Waals surface area (Å²) in [5.74, 6) is -0.471. The van der Waals surface area contributed by atoms with E-state index in [0.717, 1.165) is 29.8 Å². The van der Waals surface area contributed by atoms with Gasteiger partial charge in [0.2, 0.25) is 10.0 Å². The van der Waals surface area contributed by atoms with E-state index in [4.69, 9.17) is 11.6 Å². The maximum atomic E-state index is 14.7. The first-order valence-corrected chi connectivity index (χ1v) is 12.7. The fourth-order valence-corrected chi connectivity index (χ4v) is 5.74. The van der Waals surface area contributed by atoms with Gasteiger partial charge in [0.1, 0.15) is 5.82 Å². The predicted molar refractivity (Wildman–Crippen MR) is 124 cm³/mol. The van der Waals surface area contributed by atoms with Gasteiger partial charge in [0.25, 0.3) is 0 Å². The summed E-state index contributed by atoms with van der Waals surface area (Å²) < 4.78 is 80.3. The smallest absolute Gasteiger partial charge is 0.303 e. The van der Waals surface area contributed by atoms with Crippen LogP contribution in [0.5, 0.6) is 0 Å². The molecule has 1 atom stereocenters. The maximum absolute atomic E-state index is 14.7. The first-order valence-electron chi connectivity index (χ1n) is 10.8. The number of piperidine rings is 1. The van der Waals surface area contributed by atoms with Crippen LogP contribution < -0.4 is 5.32 Å². The third kappa shape index (κ3) is 5.83. The highest BCUT2D eigenvalue weighted by Crippen LogP contribution is 2.31. The Bertz CT molecular complexity index is 1260. The van der Waals surface area contributed by atoms with Crippen molar-refractivity contribution >= 4 is 21.6 Å². The van der Waals surface area contributed by atoms with Gasteiger partial charge in [-0.15, -0.1) is 0 Å². The van der Waals surface area contributed by atoms with E-state index in [-0.39, 0.29) is 29.0 Å². The Kier molecular flexibility index (Phi) is 7.46. The summed E-state index contributed by atoms with van der Waals surface area (Å²) in [5.41, 5.74) is 0.228. The molecule has 0 aliphatic carbocycles. The third-order valence-corrected chi connectivity index (χ3v) is 8.11. The molecule has 1 fully saturated rings. The van der Waals surface area contributed by atoms with Crippen molar-refractivity contribution in [1.82, 2.24) is 14.6 Å². The Hall–Kier alpha value is -2.53. The second-order valence-corrected chi connectivity index (χ2v) is 10.6. The molecule has 0 spiro atoms. The zero-order valence-electron chi connectivity index (χ0n) is 18.3. The van der Waals surface area contributed by atoms with Crippen molar-refractivity contribution in [2.24, 2.45) is 0 Å². The van der Waals surface area contributed by atoms with Gasteiger partial charge in [0, 0.05) is 42.1 Å². The number of pyridine rings is 1. The first kappa shape index (κ1) is 25.6. The molecule has 0 bridgehead atoms. The Labute approximate surface area is 205 Å². The number of hydrogen-bond donors (Lipinski definition) is 1. The van der Waals surface area contributed by atoms with E-state index in [9.17, 15) is 26.0 Å². The van der Waals surface area contributed by atoms with Crippen molar-refractivity contribution in [3.8, 4) is 0 Å². The van der Waals surface area contributed by atoms with Crippen molar-refractivity contribution in [1.29, 1.82) is 0 Å². The lowest BCUT2D eigenvalue weighted by atomic mass is 9.96. The molecule has 11 heteroatoms. The third-order valence-electron chi connectivity index (χ3n) is 5.97. The maximum Gasteiger partial charge on any atom is 0.416 e. The monoisotopic (exact) mass is 527 g/mol. The van der Waals surface area contributed by atoms with Gasteiger partial charge < -0.3 is 5.32 Å². The van der Waals surface area contributed by atoms with Crippen molar-refractivity contribution < 1.29 is 26.0 Å². The number of rotatable bonds is 6. The fourth-order valence-electron chi connectivity index (χ4n) is 4.11. The SMILES string of the molecule is O=S(=O)(c1ccc(C(F)(F)F)cc1)N1CCC(NC(c2cccnc2)c2ccc(Cl)cc2F)CC1. The lowest BCUT2D eigenvalue weighted by Gasteiger charge is -2.34. The molecule has 186 valence electrons. The van der Waals surface area contributed by atoms with Crippen molar-refractivity contribution in [3.63, 3.8) is 0 Å². The number of nitrogens with one attached hydrogen (secondary N) is 1. The van der Waals surface area contributed by atoms with Gasteiger partial charge >= 0.3 is 6.18 Å². The Morgan fingerprint density at radius 1 is 1.06 bits per heavy atom. The topological polar surface area (TPSA) is 62.3 Å². The van der Waals surface area contributed by atoms with Crippen molar-refractivity contribution in [2.45, 2.75) is 36.0 Å². The highest BCUT2D eigenvalue weighted by atomic mass is 35.5. The number of nitrogens with zero attached hydrogens (tertiary/aromatic N) is 2. The average Bonchev–Trinajstić information content (AvgIpc) is 2.83. The molecule has 1 saturated heterocycles. The van der Waals surface area contributed by atoms with Gasteiger partial charge in [-0.1, -0.05) is 23.7 Å². The highest BCUT2D eigenvalue weighted by molar-refractivity contribution is 7.89. The first-order chi connectivity index (χ1) is 16.6. The molecular formula is C24H22ClF4N3O2S. The molecule has 5 nitrogen and oxygen atoms in total. The van der Waals surface area contributed by atoms with Crippen LogP contribution in [0.4, 0.5) is 17.6 Å². The van der Waals surface area contributed by atoms with Crippen LogP contribution in [0.3, 0.4) is 0 Å². The summed E-state index contributed by atoms with van der Waals surface area (Å²) in [7, 11) is -3.94. The van der Waals surface area contributed by atoms with Gasteiger partial charge in [-0.25, -0.2) is 12.8 Å². The second kappa shape index (κ2) is 10.2. The molecule has 0 radical (unpaired) electrons. The van der Waals surface area contributed by atoms with E-state index in [1.807, 2.05) is 6.07 Å². The molecule has 0 amide bonds. The van der Waals surface area contributed by atoms with Crippen LogP contribution in [-0.2, 0) is 16.2 Å². The van der Waals surface area contributed by atoms with Gasteiger partial charge in [-0.3, -0.25) is 4.98 Å². The quantitative estimate of drug-likeness (QED) is 0.435. The molecule has 4 rings (SSSR count). The Morgan fingerprint density at radius 2 is 1.74 bits per heavy atom. The minimum absolute atomic E-state index is 0.130. The van der Waals surface area contributed by atoms with Gasteiger partial charge in [0.05, 0.1) is 16.5 Å². The van der Waals surface area contributed by atoms with E-state index in [1.54, 1.807) is 30.6 Å². The van der Waals surface area contributed by atoms with Gasteiger partial charge in [-0.05, 0) is 60.9 Å². The van der Waals surface area contributed by atoms with Crippen molar-refractivity contribution in [3.05, 3.63) is 94.5 Å². The standard InChI is InChI=1S/C24H22ClF4N3O2S/c25-18-5-8-21(22(26)14-18)23(16-2-1-11-30-15-16)31-19-9-12-32(13-10-19)35(33,34)20-6-3-17(4-7-20)24(27,28)29/h1-8,11,14-15,19,23,31H,9-10,12-13H2. The van der Waals surface area contributed by atoms with Crippen LogP contribution in [-0.4, -0.2) is 36.8 Å². The molecule has 1 aliphatic heterocycles. The fraction of sp³-hybridized carbons (Fsp3) is 0.292. The van der Waals surface area contributed by atoms with Crippen molar-refractivity contribution in [2.75, 3.05) is 13.1 Å². The highest BCUT2D eigenvalue weighted by Gasteiger charge is 2.33. The van der Waals surface area contributed by atoms with Crippen LogP contribution in [0.1, 0.15) is 35.6 Å². The van der Waals surface area contributed by atoms with Crippen LogP contribution in [0.2, 0.25) is 5.02 Å². The molecule has 35 heavy (non-hydrogen) atoms. The summed E-state index contributed by atoms with van der Waals surface area (Å²) in [6, 6.07) is 10.8. The zero-order valence-corrected chi connectivity index (χ0v) is 19.9. The molecule has 1 aliphatic rings. The Balaban J connectivity index is 1.48. The summed E-state index contributed by atoms with van der Waals surface area (Å²) in [6.45, 7) is 0.341. The lowest BCUT2D eigenvalue weighted by Crippen LogP contribution is -2.46. The molecule has 1 aromatic heterocycles. The van der Waals surface area contributed by atoms with E-state index >= 15 is 0 Å². The molecule has 2 aromatic carbocycles. The van der Waals surface area contributed by atoms with Crippen LogP contribution in [0.25, 0.3) is 0 Å². The predicted octanol–water partition coefficient (Wildman–Crippen LogP) is 5.43. The largest absolute Gasteiger partial charge is 0.416 e. The zero-order chi connectivity index (χ0) is 25.2. The molecular weight excluding hydrogens is 506 g/mol. The number of sulfonamides is 1. The van der Waals surface area contributed by atoms with E-state index in [1.165, 1.54) is 10.4 Å². The minimum Gasteiger partial charge on any atom is -0.303 e. The van der Waals surface area contributed by atoms with Gasteiger partial charge in [0.15, 0.2) is 0 Å². The van der Waals surface area contributed by atoms with E-state index in [2.05, 4.69) is 10.3 Å². The number of halogens is 5. The summed E-state index contributed by atoms with van der Waals surface area (Å²) >= 11 is 5.91. The number of benzene rings is 2. The molecule has 1 unspecified atom stereocenters. The number of aromatic nitrogens is 1. The number of hydrogen-bond acceptors (Lipinski definition) is 4. The number of alkyl halides is 3. The van der Waals surface area contributed by atoms with E-state index in [0.29, 0.717) is 18.4 Å². The summed E-state index contributed by atoms with van der Waals surface area (Å²) in [5, 5.41) is 3.69. The van der Waals surface area contributed by atoms with Crippen LogP contribution >= 0.6 is 11.6 Å². The average molecular weight is 528 g/mol. The Morgan fingerprint density at radius 3 is 2.31 bits per heavy atom. The van der Waals surface area contributed by atoms with Gasteiger partial charge in [-0.2, -0.15) is 17.5 Å². The molecule has 0 saturated carbocycles. The molecule has 3 aromatic rings. The molecule has 2 heterocycles. The minimum atomic E-state index is -4.54. The van der Waals surface area contributed by atoms with Crippen LogP contribution in [0, 0.1) is 5.82 Å². The summed E-state index contributed by atoms with van der Waals surface area (Å²) in [4.78, 5) is 3.94. The van der Waals surface area contributed by atoms with Crippen LogP contribution in [0.15, 0.2) is 71.9 Å². The normalized spacial score (nSPS) is 16.8. The lowest BCUT2D eigenvalue weighted by molar-refractivity contribution is -0.137. The molecule has 1 N–H and O–H groups in total. The second-order valence-electron chi connectivity index (χ2n) is 8.25. The summed E-state index contributed by atoms with van der Waals surface area (Å²) in [6.07, 6.45) is -0.419.